The molecule has 0 spiro atoms. The second-order valence-electron chi connectivity index (χ2n) is 16.7. The maximum atomic E-state index is 5.58. The van der Waals surface area contributed by atoms with E-state index in [1.54, 1.807) is 0 Å². The van der Waals surface area contributed by atoms with Gasteiger partial charge < -0.3 is 0 Å². The van der Waals surface area contributed by atoms with E-state index in [1.165, 1.54) is 44.5 Å². The van der Waals surface area contributed by atoms with Crippen LogP contribution in [0.25, 0.3) is 112 Å². The first-order chi connectivity index (χ1) is 32.3. The van der Waals surface area contributed by atoms with Crippen molar-refractivity contribution in [3.63, 3.8) is 0 Å². The van der Waals surface area contributed by atoms with E-state index in [4.69, 9.17) is 15.0 Å². The van der Waals surface area contributed by atoms with E-state index in [9.17, 15) is 0 Å². The van der Waals surface area contributed by atoms with Crippen LogP contribution in [0, 0.1) is 0 Å². The quantitative estimate of drug-likeness (QED) is 0.168. The molecule has 5 nitrogen and oxygen atoms in total. The van der Waals surface area contributed by atoms with Gasteiger partial charge in [-0.15, -0.1) is 0 Å². The summed E-state index contributed by atoms with van der Waals surface area (Å²) in [4.78, 5) is 16.4. The first kappa shape index (κ1) is 36.9. The lowest BCUT2D eigenvalue weighted by atomic mass is 9.81. The summed E-state index contributed by atoms with van der Waals surface area (Å²) in [6, 6.07) is 80.0. The van der Waals surface area contributed by atoms with Crippen LogP contribution in [-0.4, -0.2) is 23.9 Å². The largest absolute Gasteiger partial charge is 0.278 e. The van der Waals surface area contributed by atoms with Crippen molar-refractivity contribution in [2.45, 2.75) is 6.42 Å². The summed E-state index contributed by atoms with van der Waals surface area (Å²) in [5.74, 6) is 1.59. The molecule has 0 amide bonds. The number of fused-ring (bicyclic) bond motifs is 13. The second kappa shape index (κ2) is 15.0. The van der Waals surface area contributed by atoms with Gasteiger partial charge in [0.15, 0.2) is 0 Å². The number of rotatable bonds is 6. The molecule has 0 aliphatic heterocycles. The highest BCUT2D eigenvalue weighted by molar-refractivity contribution is 6.04. The molecule has 0 saturated heterocycles. The van der Waals surface area contributed by atoms with Gasteiger partial charge in [-0.1, -0.05) is 194 Å². The van der Waals surface area contributed by atoms with Crippen LogP contribution in [0.3, 0.4) is 0 Å². The fourth-order valence-corrected chi connectivity index (χ4v) is 10.1. The lowest BCUT2D eigenvalue weighted by Crippen LogP contribution is -2.04. The van der Waals surface area contributed by atoms with Gasteiger partial charge in [-0.2, -0.15) is 0 Å². The molecule has 304 valence electrons. The van der Waals surface area contributed by atoms with Gasteiger partial charge >= 0.3 is 0 Å². The van der Waals surface area contributed by atoms with Gasteiger partial charge in [-0.3, -0.25) is 8.97 Å². The van der Waals surface area contributed by atoms with Crippen molar-refractivity contribution >= 4 is 27.8 Å². The Morgan fingerprint density at radius 3 is 1.34 bits per heavy atom. The lowest BCUT2D eigenvalue weighted by Gasteiger charge is -2.23. The van der Waals surface area contributed by atoms with Crippen LogP contribution in [0.2, 0.25) is 0 Å². The van der Waals surface area contributed by atoms with E-state index in [0.717, 1.165) is 78.6 Å². The van der Waals surface area contributed by atoms with Crippen molar-refractivity contribution in [1.29, 1.82) is 0 Å². The highest BCUT2D eigenvalue weighted by Gasteiger charge is 2.25. The molecule has 0 fully saturated rings. The number of hydrogen-bond donors (Lipinski definition) is 0. The Morgan fingerprint density at radius 2 is 0.785 bits per heavy atom. The molecular formula is C60H39N5. The van der Waals surface area contributed by atoms with Crippen LogP contribution >= 0.6 is 0 Å². The molecule has 9 aromatic carbocycles. The summed E-state index contributed by atoms with van der Waals surface area (Å²) in [5.41, 5.74) is 22.0. The van der Waals surface area contributed by atoms with E-state index in [0.29, 0.717) is 6.42 Å². The first-order valence-corrected chi connectivity index (χ1v) is 22.2. The third-order valence-corrected chi connectivity index (χ3v) is 13.0. The second-order valence-corrected chi connectivity index (χ2v) is 16.7. The predicted octanol–water partition coefficient (Wildman–Crippen LogP) is 14.8. The molecule has 3 heterocycles. The Labute approximate surface area is 376 Å². The molecule has 0 radical (unpaired) electrons. The van der Waals surface area contributed by atoms with E-state index < -0.39 is 0 Å². The van der Waals surface area contributed by atoms with Crippen LogP contribution in [0.5, 0.6) is 0 Å². The Hall–Kier alpha value is -8.67. The standard InChI is InChI=1S/C60H39N5/c1-4-19-39(20-5-1)56-58(40-21-6-2-7-22-40)61-55(62-59(56)41-23-8-3-9-24-41)37-42-25-18-34-54-57(42)63-60-64(52-32-16-17-33-53(52)65(54)60)43-35-36-50-48-30-13-12-28-46(48)44-26-10-11-27-45(44)47-29-14-15-31-49(47)51(50)38-43/h1-36,38H,37H2. The number of aromatic nitrogens is 5. The summed E-state index contributed by atoms with van der Waals surface area (Å²) in [7, 11) is 0. The fraction of sp³-hybridized carbons (Fsp3) is 0.0167. The third kappa shape index (κ3) is 5.97. The summed E-state index contributed by atoms with van der Waals surface area (Å²) in [6.07, 6.45) is 0.501. The van der Waals surface area contributed by atoms with Crippen molar-refractivity contribution in [1.82, 2.24) is 23.9 Å². The zero-order valence-corrected chi connectivity index (χ0v) is 35.3. The van der Waals surface area contributed by atoms with Crippen molar-refractivity contribution in [3.8, 4) is 83.8 Å². The number of imidazole rings is 2. The molecule has 65 heavy (non-hydrogen) atoms. The maximum absolute atomic E-state index is 5.58. The van der Waals surface area contributed by atoms with E-state index in [1.807, 2.05) is 0 Å². The molecule has 13 rings (SSSR count). The molecule has 12 aromatic rings. The van der Waals surface area contributed by atoms with Crippen LogP contribution in [-0.2, 0) is 6.42 Å². The topological polar surface area (TPSA) is 48.0 Å². The smallest absolute Gasteiger partial charge is 0.220 e. The van der Waals surface area contributed by atoms with Crippen molar-refractivity contribution in [3.05, 3.63) is 236 Å². The molecule has 1 aliphatic rings. The van der Waals surface area contributed by atoms with E-state index in [-0.39, 0.29) is 0 Å². The molecule has 3 aromatic heterocycles. The van der Waals surface area contributed by atoms with Gasteiger partial charge in [0.25, 0.3) is 0 Å². The SMILES string of the molecule is c1ccc(-c2nc(Cc3cccc4c3nc3n(-c5ccc6c(c5)-c5ccccc5-c5ccccc5-c5ccccc5-6)c5ccccc5n43)nc(-c3ccccc3)c2-c2ccccc2)cc1. The average molecular weight is 830 g/mol. The van der Waals surface area contributed by atoms with Crippen LogP contribution in [0.4, 0.5) is 0 Å². The molecule has 5 heteroatoms. The van der Waals surface area contributed by atoms with E-state index in [2.05, 4.69) is 233 Å². The molecule has 0 atom stereocenters. The maximum Gasteiger partial charge on any atom is 0.220 e. The van der Waals surface area contributed by atoms with Gasteiger partial charge in [0.05, 0.1) is 33.5 Å². The number of nitrogens with zero attached hydrogens (tertiary/aromatic N) is 5. The number of hydrogen-bond acceptors (Lipinski definition) is 3. The minimum absolute atomic E-state index is 0.501. The predicted molar refractivity (Wildman–Crippen MR) is 266 cm³/mol. The minimum atomic E-state index is 0.501. The number of benzene rings is 9. The molecule has 0 N–H and O–H groups in total. The van der Waals surface area contributed by atoms with Crippen LogP contribution in [0.1, 0.15) is 11.4 Å². The van der Waals surface area contributed by atoms with Gasteiger partial charge in [-0.05, 0) is 86.0 Å². The monoisotopic (exact) mass is 829 g/mol. The summed E-state index contributed by atoms with van der Waals surface area (Å²) in [6.45, 7) is 0. The molecule has 0 unspecified atom stereocenters. The Balaban J connectivity index is 1.01. The average Bonchev–Trinajstić information content (AvgIpc) is 3.92. The minimum Gasteiger partial charge on any atom is -0.278 e. The zero-order chi connectivity index (χ0) is 42.8. The first-order valence-electron chi connectivity index (χ1n) is 22.2. The van der Waals surface area contributed by atoms with Crippen molar-refractivity contribution < 1.29 is 0 Å². The van der Waals surface area contributed by atoms with Gasteiger partial charge in [0, 0.05) is 28.8 Å². The van der Waals surface area contributed by atoms with Crippen LogP contribution in [0.15, 0.2) is 224 Å². The molecular weight excluding hydrogens is 791 g/mol. The summed E-state index contributed by atoms with van der Waals surface area (Å²) < 4.78 is 4.64. The van der Waals surface area contributed by atoms with Crippen molar-refractivity contribution in [2.75, 3.05) is 0 Å². The Morgan fingerprint density at radius 1 is 0.338 bits per heavy atom. The summed E-state index contributed by atoms with van der Waals surface area (Å²) >= 11 is 0. The highest BCUT2D eigenvalue weighted by Crippen LogP contribution is 2.48. The normalized spacial score (nSPS) is 11.8. The molecule has 1 aliphatic carbocycles. The van der Waals surface area contributed by atoms with Gasteiger partial charge in [0.2, 0.25) is 5.78 Å². The zero-order valence-electron chi connectivity index (χ0n) is 35.3. The molecule has 0 saturated carbocycles. The van der Waals surface area contributed by atoms with Crippen LogP contribution < -0.4 is 0 Å². The highest BCUT2D eigenvalue weighted by atomic mass is 15.2. The summed E-state index contributed by atoms with van der Waals surface area (Å²) in [5, 5.41) is 0. The Kier molecular flexibility index (Phi) is 8.53. The fourth-order valence-electron chi connectivity index (χ4n) is 10.1. The molecule has 0 bridgehead atoms. The van der Waals surface area contributed by atoms with Crippen molar-refractivity contribution in [2.24, 2.45) is 0 Å². The Bertz CT molecular complexity index is 3720. The van der Waals surface area contributed by atoms with Gasteiger partial charge in [-0.25, -0.2) is 15.0 Å². The van der Waals surface area contributed by atoms with E-state index >= 15 is 0 Å². The lowest BCUT2D eigenvalue weighted by molar-refractivity contribution is 0.981. The number of para-hydroxylation sites is 3. The third-order valence-electron chi connectivity index (χ3n) is 13.0. The van der Waals surface area contributed by atoms with Gasteiger partial charge in [0.1, 0.15) is 5.82 Å².